The van der Waals surface area contributed by atoms with E-state index in [-0.39, 0.29) is 11.8 Å². The number of ether oxygens (including phenoxy) is 1. The average Bonchev–Trinajstić information content (AvgIpc) is 3.04. The first-order valence-electron chi connectivity index (χ1n) is 8.38. The number of methoxy groups -OCH3 is 1. The molecule has 0 radical (unpaired) electrons. The van der Waals surface area contributed by atoms with Crippen molar-refractivity contribution >= 4 is 67.3 Å². The van der Waals surface area contributed by atoms with Crippen LogP contribution < -0.4 is 4.90 Å². The molecule has 3 rings (SSSR count). The Labute approximate surface area is 170 Å². The van der Waals surface area contributed by atoms with Gasteiger partial charge in [-0.15, -0.1) is 0 Å². The molecule has 1 aromatic carbocycles. The zero-order valence-corrected chi connectivity index (χ0v) is 17.8. The summed E-state index contributed by atoms with van der Waals surface area (Å²) in [6.45, 7) is 3.51. The van der Waals surface area contributed by atoms with Gasteiger partial charge in [0.25, 0.3) is 11.8 Å². The predicted octanol–water partition coefficient (Wildman–Crippen LogP) is 3.81. The number of fused-ring (bicyclic) bond motifs is 1. The molecule has 8 heteroatoms. The van der Waals surface area contributed by atoms with Crippen LogP contribution in [0.1, 0.15) is 25.3 Å². The summed E-state index contributed by atoms with van der Waals surface area (Å²) in [6.07, 6.45) is 1.90. The molecule has 2 amide bonds. The first-order valence-corrected chi connectivity index (χ1v) is 10.4. The van der Waals surface area contributed by atoms with Gasteiger partial charge in [0.05, 0.1) is 29.3 Å². The Morgan fingerprint density at radius 1 is 1.19 bits per heavy atom. The Morgan fingerprint density at radius 2 is 1.96 bits per heavy atom. The van der Waals surface area contributed by atoms with Gasteiger partial charge in [0.1, 0.15) is 4.32 Å². The number of amides is 2. The lowest BCUT2D eigenvalue weighted by molar-refractivity contribution is -0.123. The van der Waals surface area contributed by atoms with Gasteiger partial charge in [0.15, 0.2) is 0 Å². The number of unbranched alkanes of at least 4 members (excludes halogenated alkanes) is 1. The smallest absolute Gasteiger partial charge is 0.267 e. The Kier molecular flexibility index (Phi) is 6.17. The van der Waals surface area contributed by atoms with Gasteiger partial charge >= 0.3 is 0 Å². The Balaban J connectivity index is 2.06. The van der Waals surface area contributed by atoms with Crippen LogP contribution in [-0.4, -0.2) is 47.8 Å². The number of carbonyl (C=O) groups is 2. The second-order valence-corrected chi connectivity index (χ2v) is 8.55. The SMILES string of the molecule is CCCCN1C(=O)/C(=C2\SC(=S)N(CCOC)C2=O)c2cc(Br)ccc21. The highest BCUT2D eigenvalue weighted by molar-refractivity contribution is 9.10. The van der Waals surface area contributed by atoms with E-state index < -0.39 is 0 Å². The lowest BCUT2D eigenvalue weighted by Gasteiger charge is -2.16. The van der Waals surface area contributed by atoms with Crippen molar-refractivity contribution in [2.45, 2.75) is 19.8 Å². The molecule has 0 aromatic heterocycles. The van der Waals surface area contributed by atoms with E-state index in [0.717, 1.165) is 28.6 Å². The number of thioether (sulfide) groups is 1. The maximum atomic E-state index is 13.1. The highest BCUT2D eigenvalue weighted by atomic mass is 79.9. The largest absolute Gasteiger partial charge is 0.383 e. The molecule has 138 valence electrons. The van der Waals surface area contributed by atoms with Gasteiger partial charge in [-0.1, -0.05) is 53.3 Å². The van der Waals surface area contributed by atoms with Crippen molar-refractivity contribution in [3.8, 4) is 0 Å². The summed E-state index contributed by atoms with van der Waals surface area (Å²) in [5, 5.41) is 0. The quantitative estimate of drug-likeness (QED) is 0.482. The molecule has 5 nitrogen and oxygen atoms in total. The maximum Gasteiger partial charge on any atom is 0.267 e. The van der Waals surface area contributed by atoms with Gasteiger partial charge in [0.2, 0.25) is 0 Å². The number of halogens is 1. The second-order valence-electron chi connectivity index (χ2n) is 5.99. The molecule has 1 saturated heterocycles. The van der Waals surface area contributed by atoms with Gasteiger partial charge in [-0.2, -0.15) is 0 Å². The number of anilines is 1. The summed E-state index contributed by atoms with van der Waals surface area (Å²) in [7, 11) is 1.58. The minimum Gasteiger partial charge on any atom is -0.383 e. The molecule has 0 spiro atoms. The first kappa shape index (κ1) is 19.5. The summed E-state index contributed by atoms with van der Waals surface area (Å²) in [5.41, 5.74) is 2.09. The fourth-order valence-electron chi connectivity index (χ4n) is 2.99. The zero-order valence-electron chi connectivity index (χ0n) is 14.6. The van der Waals surface area contributed by atoms with E-state index in [9.17, 15) is 9.59 Å². The molecule has 0 saturated carbocycles. The summed E-state index contributed by atoms with van der Waals surface area (Å²) in [6, 6.07) is 5.74. The Morgan fingerprint density at radius 3 is 2.65 bits per heavy atom. The number of hydrogen-bond donors (Lipinski definition) is 0. The molecule has 0 N–H and O–H groups in total. The molecule has 0 aliphatic carbocycles. The molecular weight excluding hydrogens is 436 g/mol. The van der Waals surface area contributed by atoms with E-state index in [2.05, 4.69) is 22.9 Å². The molecule has 2 heterocycles. The molecule has 26 heavy (non-hydrogen) atoms. The third-order valence-corrected chi connectivity index (χ3v) is 6.25. The van der Waals surface area contributed by atoms with E-state index in [1.807, 2.05) is 18.2 Å². The van der Waals surface area contributed by atoms with E-state index in [1.165, 1.54) is 16.7 Å². The third-order valence-electron chi connectivity index (χ3n) is 4.31. The van der Waals surface area contributed by atoms with Crippen molar-refractivity contribution in [3.63, 3.8) is 0 Å². The number of hydrogen-bond acceptors (Lipinski definition) is 5. The number of benzene rings is 1. The molecule has 0 atom stereocenters. The van der Waals surface area contributed by atoms with Gasteiger partial charge in [-0.3, -0.25) is 14.5 Å². The van der Waals surface area contributed by atoms with Crippen LogP contribution in [0.3, 0.4) is 0 Å². The van der Waals surface area contributed by atoms with Gasteiger partial charge < -0.3 is 9.64 Å². The van der Waals surface area contributed by atoms with Gasteiger partial charge in [0, 0.05) is 23.7 Å². The molecular formula is C18H19BrN2O3S2. The number of rotatable bonds is 6. The van der Waals surface area contributed by atoms with Crippen LogP contribution in [-0.2, 0) is 14.3 Å². The van der Waals surface area contributed by atoms with Crippen LogP contribution in [0.4, 0.5) is 5.69 Å². The average molecular weight is 455 g/mol. The first-order chi connectivity index (χ1) is 12.5. The minimum atomic E-state index is -0.219. The van der Waals surface area contributed by atoms with E-state index in [4.69, 9.17) is 17.0 Å². The molecule has 2 aliphatic heterocycles. The summed E-state index contributed by atoms with van der Waals surface area (Å²) >= 11 is 10.0. The van der Waals surface area contributed by atoms with Crippen LogP contribution in [0.15, 0.2) is 27.6 Å². The van der Waals surface area contributed by atoms with Crippen LogP contribution in [0.5, 0.6) is 0 Å². The fraction of sp³-hybridized carbons (Fsp3) is 0.389. The van der Waals surface area contributed by atoms with E-state index in [0.29, 0.717) is 34.5 Å². The van der Waals surface area contributed by atoms with Crippen LogP contribution >= 0.6 is 39.9 Å². The van der Waals surface area contributed by atoms with E-state index >= 15 is 0 Å². The molecule has 2 aliphatic rings. The lowest BCUT2D eigenvalue weighted by Crippen LogP contribution is -2.32. The van der Waals surface area contributed by atoms with Gasteiger partial charge in [-0.25, -0.2) is 0 Å². The van der Waals surface area contributed by atoms with Crippen molar-refractivity contribution in [2.24, 2.45) is 0 Å². The van der Waals surface area contributed by atoms with Crippen molar-refractivity contribution in [1.82, 2.24) is 4.90 Å². The predicted molar refractivity (Wildman–Crippen MR) is 112 cm³/mol. The topological polar surface area (TPSA) is 49.9 Å². The van der Waals surface area contributed by atoms with Gasteiger partial charge in [-0.05, 0) is 24.6 Å². The van der Waals surface area contributed by atoms with Crippen molar-refractivity contribution in [1.29, 1.82) is 0 Å². The second kappa shape index (κ2) is 8.21. The van der Waals surface area contributed by atoms with Crippen molar-refractivity contribution < 1.29 is 14.3 Å². The van der Waals surface area contributed by atoms with E-state index in [1.54, 1.807) is 12.0 Å². The van der Waals surface area contributed by atoms with Crippen molar-refractivity contribution in [2.75, 3.05) is 31.7 Å². The summed E-state index contributed by atoms with van der Waals surface area (Å²) in [5.74, 6) is -0.345. The number of thiocarbonyl (C=S) groups is 1. The summed E-state index contributed by atoms with van der Waals surface area (Å²) in [4.78, 5) is 29.7. The normalized spacial score (nSPS) is 19.7. The minimum absolute atomic E-state index is 0.126. The standard InChI is InChI=1S/C18H19BrN2O3S2/c1-3-4-7-20-13-6-5-11(19)10-12(13)14(16(20)22)15-17(23)21(8-9-24-2)18(25)26-15/h5-6,10H,3-4,7-9H2,1-2H3/b15-14-. The zero-order chi connectivity index (χ0) is 18.8. The maximum absolute atomic E-state index is 13.1. The fourth-order valence-corrected chi connectivity index (χ4v) is 4.73. The Hall–Kier alpha value is -1.22. The summed E-state index contributed by atoms with van der Waals surface area (Å²) < 4.78 is 6.39. The number of nitrogens with zero attached hydrogens (tertiary/aromatic N) is 2. The highest BCUT2D eigenvalue weighted by Gasteiger charge is 2.41. The highest BCUT2D eigenvalue weighted by Crippen LogP contribution is 2.45. The van der Waals surface area contributed by atoms with Crippen LogP contribution in [0, 0.1) is 0 Å². The molecule has 0 unspecified atom stereocenters. The van der Waals surface area contributed by atoms with Crippen LogP contribution in [0.2, 0.25) is 0 Å². The Bertz CT molecular complexity index is 810. The third kappa shape index (κ3) is 3.47. The molecule has 0 bridgehead atoms. The lowest BCUT2D eigenvalue weighted by atomic mass is 10.1. The molecule has 1 fully saturated rings. The van der Waals surface area contributed by atoms with Crippen molar-refractivity contribution in [3.05, 3.63) is 33.1 Å². The number of carbonyl (C=O) groups excluding carboxylic acids is 2. The van der Waals surface area contributed by atoms with Crippen LogP contribution in [0.25, 0.3) is 5.57 Å². The molecule has 1 aromatic rings. The monoisotopic (exact) mass is 454 g/mol.